The molecule has 0 saturated carbocycles. The van der Waals surface area contributed by atoms with Gasteiger partial charge < -0.3 is 9.64 Å². The van der Waals surface area contributed by atoms with Crippen LogP contribution in [0.5, 0.6) is 5.75 Å². The molecule has 5 nitrogen and oxygen atoms in total. The molecule has 1 aliphatic rings. The van der Waals surface area contributed by atoms with Crippen molar-refractivity contribution in [2.75, 3.05) is 31.4 Å². The Balaban J connectivity index is 2.03. The van der Waals surface area contributed by atoms with Gasteiger partial charge in [-0.05, 0) is 25.0 Å². The molecule has 1 heterocycles. The summed E-state index contributed by atoms with van der Waals surface area (Å²) in [6.45, 7) is 1.09. The quantitative estimate of drug-likeness (QED) is 0.794. The lowest BCUT2D eigenvalue weighted by Gasteiger charge is -2.33. The zero-order chi connectivity index (χ0) is 14.8. The Morgan fingerprint density at radius 3 is 2.50 bits per heavy atom. The third-order valence-corrected chi connectivity index (χ3v) is 3.87. The Bertz CT molecular complexity index is 568. The molecule has 1 saturated heterocycles. The van der Waals surface area contributed by atoms with Crippen LogP contribution in [0.3, 0.4) is 0 Å². The van der Waals surface area contributed by atoms with Crippen molar-refractivity contribution >= 4 is 15.8 Å². The van der Waals surface area contributed by atoms with E-state index in [0.717, 1.165) is 6.26 Å². The summed E-state index contributed by atoms with van der Waals surface area (Å²) >= 11 is 0. The molecule has 0 unspecified atom stereocenters. The first-order valence-corrected chi connectivity index (χ1v) is 8.17. The number of nitrogens with zero attached hydrogens (tertiary/aromatic N) is 1. The minimum Gasteiger partial charge on any atom is -0.497 e. The monoisotopic (exact) mass is 303 g/mol. The molecular formula is C13H18FNO4S. The van der Waals surface area contributed by atoms with Gasteiger partial charge in [0.25, 0.3) is 10.1 Å². The number of anilines is 1. The molecule has 0 bridgehead atoms. The summed E-state index contributed by atoms with van der Waals surface area (Å²) in [6, 6.07) is 4.58. The van der Waals surface area contributed by atoms with Gasteiger partial charge >= 0.3 is 0 Å². The average Bonchev–Trinajstić information content (AvgIpc) is 2.39. The minimum absolute atomic E-state index is 0.312. The summed E-state index contributed by atoms with van der Waals surface area (Å²) in [6.07, 6.45) is 1.81. The summed E-state index contributed by atoms with van der Waals surface area (Å²) in [4.78, 5) is 1.87. The van der Waals surface area contributed by atoms with Crippen molar-refractivity contribution in [3.05, 3.63) is 24.0 Å². The van der Waals surface area contributed by atoms with Gasteiger partial charge in [-0.25, -0.2) is 4.39 Å². The molecule has 0 aliphatic carbocycles. The van der Waals surface area contributed by atoms with Crippen LogP contribution >= 0.6 is 0 Å². The summed E-state index contributed by atoms with van der Waals surface area (Å²) in [7, 11) is -1.91. The standard InChI is InChI=1S/C13H18FNO4S/c1-18-11-3-4-12(14)13(9-11)15-7-5-10(6-8-15)19-20(2,16)17/h3-4,9-10H,5-8H2,1-2H3. The Morgan fingerprint density at radius 2 is 1.95 bits per heavy atom. The van der Waals surface area contributed by atoms with Crippen molar-refractivity contribution in [2.45, 2.75) is 18.9 Å². The van der Waals surface area contributed by atoms with Crippen LogP contribution in [0.15, 0.2) is 18.2 Å². The van der Waals surface area contributed by atoms with Gasteiger partial charge in [0.1, 0.15) is 11.6 Å². The van der Waals surface area contributed by atoms with Gasteiger partial charge in [-0.2, -0.15) is 8.42 Å². The summed E-state index contributed by atoms with van der Waals surface area (Å²) in [5.74, 6) is 0.282. The Labute approximate surface area is 118 Å². The fourth-order valence-electron chi connectivity index (χ4n) is 2.30. The third kappa shape index (κ3) is 3.83. The van der Waals surface area contributed by atoms with Crippen LogP contribution < -0.4 is 9.64 Å². The number of benzene rings is 1. The number of hydrogen-bond donors (Lipinski definition) is 0. The molecule has 20 heavy (non-hydrogen) atoms. The fourth-order valence-corrected chi connectivity index (χ4v) is 2.99. The Morgan fingerprint density at radius 1 is 1.30 bits per heavy atom. The van der Waals surface area contributed by atoms with Crippen LogP contribution in [-0.2, 0) is 14.3 Å². The van der Waals surface area contributed by atoms with Crippen LogP contribution in [0.1, 0.15) is 12.8 Å². The number of piperidine rings is 1. The maximum Gasteiger partial charge on any atom is 0.264 e. The lowest BCUT2D eigenvalue weighted by Crippen LogP contribution is -2.38. The minimum atomic E-state index is -3.44. The number of ether oxygens (including phenoxy) is 1. The first-order valence-electron chi connectivity index (χ1n) is 6.36. The van der Waals surface area contributed by atoms with Crippen LogP contribution in [0.4, 0.5) is 10.1 Å². The first-order chi connectivity index (χ1) is 9.39. The highest BCUT2D eigenvalue weighted by Crippen LogP contribution is 2.28. The molecule has 112 valence electrons. The van der Waals surface area contributed by atoms with E-state index in [1.807, 2.05) is 4.90 Å². The van der Waals surface area contributed by atoms with E-state index < -0.39 is 10.1 Å². The number of rotatable bonds is 4. The van der Waals surface area contributed by atoms with Crippen LogP contribution in [0.2, 0.25) is 0 Å². The molecule has 7 heteroatoms. The molecular weight excluding hydrogens is 285 g/mol. The van der Waals surface area contributed by atoms with Gasteiger partial charge in [0.05, 0.1) is 25.2 Å². The Kier molecular flexibility index (Phi) is 4.49. The van der Waals surface area contributed by atoms with Crippen molar-refractivity contribution < 1.29 is 21.7 Å². The van der Waals surface area contributed by atoms with E-state index in [9.17, 15) is 12.8 Å². The highest BCUT2D eigenvalue weighted by molar-refractivity contribution is 7.86. The molecule has 0 N–H and O–H groups in total. The number of halogens is 1. The van der Waals surface area contributed by atoms with E-state index in [1.165, 1.54) is 13.2 Å². The maximum atomic E-state index is 13.8. The molecule has 1 aromatic carbocycles. The van der Waals surface area contributed by atoms with Crippen molar-refractivity contribution in [2.24, 2.45) is 0 Å². The van der Waals surface area contributed by atoms with E-state index in [2.05, 4.69) is 0 Å². The molecule has 0 spiro atoms. The molecule has 0 radical (unpaired) electrons. The van der Waals surface area contributed by atoms with E-state index in [4.69, 9.17) is 8.92 Å². The second-order valence-corrected chi connectivity index (χ2v) is 6.40. The first kappa shape index (κ1) is 15.1. The van der Waals surface area contributed by atoms with Gasteiger partial charge in [-0.15, -0.1) is 0 Å². The lowest BCUT2D eigenvalue weighted by molar-refractivity contribution is 0.180. The fraction of sp³-hybridized carbons (Fsp3) is 0.538. The number of methoxy groups -OCH3 is 1. The van der Waals surface area contributed by atoms with Crippen LogP contribution in [-0.4, -0.2) is 41.0 Å². The van der Waals surface area contributed by atoms with Crippen molar-refractivity contribution in [3.63, 3.8) is 0 Å². The number of hydrogen-bond acceptors (Lipinski definition) is 5. The van der Waals surface area contributed by atoms with Gasteiger partial charge in [-0.3, -0.25) is 4.18 Å². The van der Waals surface area contributed by atoms with Gasteiger partial charge in [0.2, 0.25) is 0 Å². The van der Waals surface area contributed by atoms with E-state index >= 15 is 0 Å². The van der Waals surface area contributed by atoms with E-state index in [1.54, 1.807) is 12.1 Å². The summed E-state index contributed by atoms with van der Waals surface area (Å²) < 4.78 is 46.0. The molecule has 0 aromatic heterocycles. The predicted molar refractivity (Wildman–Crippen MR) is 74.1 cm³/mol. The normalized spacial score (nSPS) is 17.2. The molecule has 0 amide bonds. The van der Waals surface area contributed by atoms with E-state index in [0.29, 0.717) is 37.4 Å². The largest absolute Gasteiger partial charge is 0.497 e. The molecule has 1 aliphatic heterocycles. The molecule has 0 atom stereocenters. The zero-order valence-corrected chi connectivity index (χ0v) is 12.3. The van der Waals surface area contributed by atoms with Gasteiger partial charge in [-0.1, -0.05) is 0 Å². The van der Waals surface area contributed by atoms with Crippen LogP contribution in [0.25, 0.3) is 0 Å². The molecule has 1 fully saturated rings. The molecule has 2 rings (SSSR count). The van der Waals surface area contributed by atoms with Gasteiger partial charge in [0, 0.05) is 19.2 Å². The van der Waals surface area contributed by atoms with Crippen LogP contribution in [0, 0.1) is 5.82 Å². The zero-order valence-electron chi connectivity index (χ0n) is 11.5. The molecule has 1 aromatic rings. The van der Waals surface area contributed by atoms with Crippen molar-refractivity contribution in [3.8, 4) is 5.75 Å². The van der Waals surface area contributed by atoms with Crippen molar-refractivity contribution in [1.29, 1.82) is 0 Å². The summed E-state index contributed by atoms with van der Waals surface area (Å²) in [5.41, 5.74) is 0.474. The smallest absolute Gasteiger partial charge is 0.264 e. The average molecular weight is 303 g/mol. The maximum absolute atomic E-state index is 13.8. The topological polar surface area (TPSA) is 55.8 Å². The highest BCUT2D eigenvalue weighted by Gasteiger charge is 2.24. The van der Waals surface area contributed by atoms with Gasteiger partial charge in [0.15, 0.2) is 0 Å². The predicted octanol–water partition coefficient (Wildman–Crippen LogP) is 1.78. The highest BCUT2D eigenvalue weighted by atomic mass is 32.2. The summed E-state index contributed by atoms with van der Waals surface area (Å²) in [5, 5.41) is 0. The van der Waals surface area contributed by atoms with Crippen molar-refractivity contribution in [1.82, 2.24) is 0 Å². The SMILES string of the molecule is COc1ccc(F)c(N2CCC(OS(C)(=O)=O)CC2)c1. The second kappa shape index (κ2) is 5.97. The third-order valence-electron chi connectivity index (χ3n) is 3.25. The lowest BCUT2D eigenvalue weighted by atomic mass is 10.1. The van der Waals surface area contributed by atoms with E-state index in [-0.39, 0.29) is 11.9 Å². The Hall–Kier alpha value is -1.34. The second-order valence-electron chi connectivity index (χ2n) is 4.80.